The molecule has 1 heterocycles. The zero-order valence-electron chi connectivity index (χ0n) is 20.6. The van der Waals surface area contributed by atoms with E-state index in [0.717, 1.165) is 34.1 Å². The van der Waals surface area contributed by atoms with Gasteiger partial charge in [0.25, 0.3) is 0 Å². The van der Waals surface area contributed by atoms with E-state index in [1.54, 1.807) is 7.05 Å². The third-order valence-corrected chi connectivity index (χ3v) is 6.51. The van der Waals surface area contributed by atoms with Crippen LogP contribution in [0.3, 0.4) is 0 Å². The molecule has 0 aliphatic rings. The zero-order chi connectivity index (χ0) is 25.8. The number of rotatable bonds is 9. The molecule has 0 saturated heterocycles. The van der Waals surface area contributed by atoms with E-state index in [1.807, 2.05) is 76.2 Å². The molecule has 3 aromatic rings. The SMILES string of the molecule is C/C=C(/c1nc(C)c([C@@](C)(C=O)c2ccc(CCC(=O)O)cc2)c(NC)n1)c1ccc(Cl)cc1C. The number of anilines is 1. The second kappa shape index (κ2) is 10.8. The summed E-state index contributed by atoms with van der Waals surface area (Å²) in [7, 11) is 1.78. The predicted molar refractivity (Wildman–Crippen MR) is 140 cm³/mol. The largest absolute Gasteiger partial charge is 0.481 e. The van der Waals surface area contributed by atoms with Crippen LogP contribution in [0, 0.1) is 13.8 Å². The maximum Gasteiger partial charge on any atom is 0.303 e. The van der Waals surface area contributed by atoms with E-state index in [2.05, 4.69) is 5.32 Å². The molecule has 1 atom stereocenters. The lowest BCUT2D eigenvalue weighted by Gasteiger charge is -2.28. The molecule has 0 bridgehead atoms. The number of hydrogen-bond donors (Lipinski definition) is 2. The fourth-order valence-electron chi connectivity index (χ4n) is 4.37. The molecule has 0 spiro atoms. The first kappa shape index (κ1) is 26.1. The Morgan fingerprint density at radius 1 is 1.14 bits per heavy atom. The molecule has 6 nitrogen and oxygen atoms in total. The molecule has 35 heavy (non-hydrogen) atoms. The van der Waals surface area contributed by atoms with Crippen LogP contribution in [0.15, 0.2) is 48.5 Å². The van der Waals surface area contributed by atoms with Gasteiger partial charge >= 0.3 is 5.97 Å². The van der Waals surface area contributed by atoms with Crippen molar-refractivity contribution in [1.82, 2.24) is 9.97 Å². The van der Waals surface area contributed by atoms with Crippen LogP contribution in [0.1, 0.15) is 59.6 Å². The highest BCUT2D eigenvalue weighted by molar-refractivity contribution is 6.30. The maximum atomic E-state index is 12.5. The van der Waals surface area contributed by atoms with Gasteiger partial charge in [-0.3, -0.25) is 4.79 Å². The number of halogens is 1. The van der Waals surface area contributed by atoms with E-state index in [0.29, 0.717) is 34.3 Å². The zero-order valence-corrected chi connectivity index (χ0v) is 21.4. The molecular formula is C28H30ClN3O3. The molecule has 0 aliphatic heterocycles. The summed E-state index contributed by atoms with van der Waals surface area (Å²) in [6.07, 6.45) is 3.37. The van der Waals surface area contributed by atoms with Crippen molar-refractivity contribution in [2.75, 3.05) is 12.4 Å². The van der Waals surface area contributed by atoms with Gasteiger partial charge in [0, 0.05) is 35.3 Å². The van der Waals surface area contributed by atoms with Crippen molar-refractivity contribution >= 4 is 35.2 Å². The Morgan fingerprint density at radius 2 is 1.83 bits per heavy atom. The van der Waals surface area contributed by atoms with Crippen LogP contribution in [-0.4, -0.2) is 34.4 Å². The van der Waals surface area contributed by atoms with Crippen LogP contribution >= 0.6 is 11.6 Å². The van der Waals surface area contributed by atoms with Crippen LogP contribution in [0.2, 0.25) is 5.02 Å². The first-order valence-corrected chi connectivity index (χ1v) is 11.8. The van der Waals surface area contributed by atoms with Gasteiger partial charge in [0.05, 0.1) is 5.41 Å². The van der Waals surface area contributed by atoms with Crippen molar-refractivity contribution in [3.05, 3.63) is 92.9 Å². The lowest BCUT2D eigenvalue weighted by Crippen LogP contribution is -2.29. The lowest BCUT2D eigenvalue weighted by molar-refractivity contribution is -0.137. The molecular weight excluding hydrogens is 462 g/mol. The molecule has 0 aliphatic carbocycles. The molecule has 1 aromatic heterocycles. The van der Waals surface area contributed by atoms with Crippen molar-refractivity contribution in [2.24, 2.45) is 0 Å². The summed E-state index contributed by atoms with van der Waals surface area (Å²) in [5.41, 5.74) is 4.94. The van der Waals surface area contributed by atoms with Crippen LogP contribution < -0.4 is 5.32 Å². The number of aryl methyl sites for hydroxylation is 3. The van der Waals surface area contributed by atoms with Crippen molar-refractivity contribution in [3.63, 3.8) is 0 Å². The summed E-state index contributed by atoms with van der Waals surface area (Å²) in [6, 6.07) is 13.2. The molecule has 182 valence electrons. The van der Waals surface area contributed by atoms with Gasteiger partial charge < -0.3 is 15.2 Å². The second-order valence-electron chi connectivity index (χ2n) is 8.68. The number of aromatic nitrogens is 2. The smallest absolute Gasteiger partial charge is 0.303 e. The molecule has 0 saturated carbocycles. The number of nitrogens with zero attached hydrogens (tertiary/aromatic N) is 2. The summed E-state index contributed by atoms with van der Waals surface area (Å²) in [5, 5.41) is 12.8. The predicted octanol–water partition coefficient (Wildman–Crippen LogP) is 5.76. The molecule has 0 radical (unpaired) electrons. The molecule has 2 aromatic carbocycles. The van der Waals surface area contributed by atoms with Gasteiger partial charge in [0.1, 0.15) is 12.1 Å². The minimum absolute atomic E-state index is 0.0585. The summed E-state index contributed by atoms with van der Waals surface area (Å²) in [6.45, 7) is 7.66. The number of carbonyl (C=O) groups is 2. The van der Waals surface area contributed by atoms with Gasteiger partial charge in [-0.25, -0.2) is 9.97 Å². The maximum absolute atomic E-state index is 12.5. The van der Waals surface area contributed by atoms with Gasteiger partial charge in [-0.2, -0.15) is 0 Å². The average Bonchev–Trinajstić information content (AvgIpc) is 2.84. The number of carbonyl (C=O) groups excluding carboxylic acids is 1. The number of hydrogen-bond acceptors (Lipinski definition) is 5. The number of nitrogens with one attached hydrogen (secondary N) is 1. The second-order valence-corrected chi connectivity index (χ2v) is 9.12. The monoisotopic (exact) mass is 491 g/mol. The number of carboxylic acids is 1. The summed E-state index contributed by atoms with van der Waals surface area (Å²) in [5.74, 6) is 0.288. The number of aldehydes is 1. The fraction of sp³-hybridized carbons (Fsp3) is 0.286. The first-order valence-electron chi connectivity index (χ1n) is 11.4. The third-order valence-electron chi connectivity index (χ3n) is 6.27. The van der Waals surface area contributed by atoms with Crippen LogP contribution in [0.5, 0.6) is 0 Å². The van der Waals surface area contributed by atoms with Gasteiger partial charge in [0.15, 0.2) is 5.82 Å². The molecule has 0 amide bonds. The molecule has 7 heteroatoms. The van der Waals surface area contributed by atoms with Gasteiger partial charge in [0.2, 0.25) is 0 Å². The van der Waals surface area contributed by atoms with Gasteiger partial charge in [-0.05, 0) is 68.5 Å². The normalized spacial score (nSPS) is 13.3. The Bertz CT molecular complexity index is 1290. The Morgan fingerprint density at radius 3 is 2.37 bits per heavy atom. The third kappa shape index (κ3) is 5.43. The van der Waals surface area contributed by atoms with E-state index in [9.17, 15) is 9.59 Å². The Balaban J connectivity index is 2.09. The molecule has 0 unspecified atom stereocenters. The minimum atomic E-state index is -1.00. The molecule has 3 rings (SSSR count). The number of aliphatic carboxylic acids is 1. The van der Waals surface area contributed by atoms with Crippen LogP contribution in [0.4, 0.5) is 5.82 Å². The summed E-state index contributed by atoms with van der Waals surface area (Å²) >= 11 is 6.15. The highest BCUT2D eigenvalue weighted by atomic mass is 35.5. The van der Waals surface area contributed by atoms with Gasteiger partial charge in [-0.1, -0.05) is 48.0 Å². The van der Waals surface area contributed by atoms with Crippen molar-refractivity contribution < 1.29 is 14.7 Å². The van der Waals surface area contributed by atoms with E-state index < -0.39 is 11.4 Å². The topological polar surface area (TPSA) is 92.2 Å². The minimum Gasteiger partial charge on any atom is -0.481 e. The standard InChI is InChI=1S/C28H30ClN3O3/c1-6-22(23-13-12-21(29)15-17(23)2)26-31-18(3)25(27(30-5)32-26)28(4,16-33)20-10-7-19(8-11-20)9-14-24(34)35/h6-8,10-13,15-16H,9,14H2,1-5H3,(H,34,35)(H,30,31,32)/b22-6+/t28-/m0/s1. The van der Waals surface area contributed by atoms with E-state index in [4.69, 9.17) is 26.7 Å². The van der Waals surface area contributed by atoms with Crippen LogP contribution in [-0.2, 0) is 21.4 Å². The first-order chi connectivity index (χ1) is 16.6. The Labute approximate surface area is 211 Å². The summed E-state index contributed by atoms with van der Waals surface area (Å²) < 4.78 is 0. The Hall–Kier alpha value is -3.51. The summed E-state index contributed by atoms with van der Waals surface area (Å²) in [4.78, 5) is 33.1. The molecule has 0 fully saturated rings. The van der Waals surface area contributed by atoms with Gasteiger partial charge in [-0.15, -0.1) is 0 Å². The number of benzene rings is 2. The number of allylic oxidation sites excluding steroid dienone is 1. The molecule has 2 N–H and O–H groups in total. The van der Waals surface area contributed by atoms with Crippen LogP contribution in [0.25, 0.3) is 5.57 Å². The van der Waals surface area contributed by atoms with E-state index in [1.165, 1.54) is 0 Å². The van der Waals surface area contributed by atoms with E-state index >= 15 is 0 Å². The quantitative estimate of drug-likeness (QED) is 0.369. The van der Waals surface area contributed by atoms with Crippen molar-refractivity contribution in [3.8, 4) is 0 Å². The lowest BCUT2D eigenvalue weighted by atomic mass is 9.76. The van der Waals surface area contributed by atoms with Crippen molar-refractivity contribution in [2.45, 2.75) is 46.0 Å². The van der Waals surface area contributed by atoms with Crippen molar-refractivity contribution in [1.29, 1.82) is 0 Å². The fourth-order valence-corrected chi connectivity index (χ4v) is 4.60. The van der Waals surface area contributed by atoms with E-state index in [-0.39, 0.29) is 6.42 Å². The Kier molecular flexibility index (Phi) is 8.07. The highest BCUT2D eigenvalue weighted by Gasteiger charge is 2.34. The average molecular weight is 492 g/mol. The highest BCUT2D eigenvalue weighted by Crippen LogP contribution is 2.37. The number of carboxylic acid groups (broad SMARTS) is 1.